The number of carbonyl (C=O) groups is 2. The van der Waals surface area contributed by atoms with Gasteiger partial charge in [0.2, 0.25) is 0 Å². The Labute approximate surface area is 350 Å². The highest BCUT2D eigenvalue weighted by molar-refractivity contribution is 8.59. The average molecular weight is 835 g/mol. The number of unbranched alkanes of at least 4 members (excludes halogenated alkanes) is 2. The molecule has 4 fully saturated rings. The summed E-state index contributed by atoms with van der Waals surface area (Å²) in [6, 6.07) is 0. The number of hydrogen-bond acceptors (Lipinski definition) is 10. The van der Waals surface area contributed by atoms with E-state index in [0.717, 1.165) is 57.6 Å². The van der Waals surface area contributed by atoms with Crippen molar-refractivity contribution >= 4 is 44.0 Å². The first-order chi connectivity index (χ1) is 26.9. The second-order valence-electron chi connectivity index (χ2n) is 14.8. The van der Waals surface area contributed by atoms with Gasteiger partial charge in [0.25, 0.3) is 0 Å². The Morgan fingerprint density at radius 2 is 1.86 bits per heavy atom. The number of esters is 1. The first-order valence-corrected chi connectivity index (χ1v) is 22.3. The zero-order valence-electron chi connectivity index (χ0n) is 35.2. The molecule has 1 saturated heterocycles. The van der Waals surface area contributed by atoms with Crippen LogP contribution in [0, 0.1) is 28.6 Å². The van der Waals surface area contributed by atoms with Crippen LogP contribution in [0.4, 0.5) is 0 Å². The summed E-state index contributed by atoms with van der Waals surface area (Å²) < 4.78 is 28.1. The predicted octanol–water partition coefficient (Wildman–Crippen LogP) is 10.7. The van der Waals surface area contributed by atoms with Crippen molar-refractivity contribution in [1.82, 2.24) is 9.32 Å². The Hall–Kier alpha value is -2.24. The molecular formula is C44H71N2O7PS2. The number of ether oxygens (including phenoxy) is 3. The number of hydrogen-bond donors (Lipinski definition) is 3. The van der Waals surface area contributed by atoms with Crippen LogP contribution in [0.3, 0.4) is 0 Å². The van der Waals surface area contributed by atoms with E-state index in [1.807, 2.05) is 35.7 Å². The molecule has 0 bridgehead atoms. The number of aliphatic hydroxyl groups excluding tert-OH is 1. The van der Waals surface area contributed by atoms with Gasteiger partial charge in [-0.2, -0.15) is 0 Å². The number of ketones is 1. The Morgan fingerprint density at radius 1 is 1.18 bits per heavy atom. The fraction of sp³-hybridized carbons (Fsp3) is 0.614. The fourth-order valence-corrected chi connectivity index (χ4v) is 9.97. The molecule has 3 saturated carbocycles. The fourth-order valence-electron chi connectivity index (χ4n) is 9.24. The van der Waals surface area contributed by atoms with E-state index in [2.05, 4.69) is 95.3 Å². The molecular weight excluding hydrogens is 764 g/mol. The van der Waals surface area contributed by atoms with Gasteiger partial charge in [0.1, 0.15) is 21.2 Å². The Balaban J connectivity index is 0.000000912. The molecule has 0 radical (unpaired) electrons. The second kappa shape index (κ2) is 26.0. The van der Waals surface area contributed by atoms with Crippen molar-refractivity contribution in [1.29, 1.82) is 0 Å². The molecule has 1 aliphatic heterocycles. The van der Waals surface area contributed by atoms with E-state index in [1.54, 1.807) is 24.7 Å². The number of nitrogens with zero attached hydrogens (tertiary/aromatic N) is 2. The third kappa shape index (κ3) is 11.9. The SMILES string of the molecule is C=C.C=C(COC(C)=O)C12OC(CCCC)O[C@@H]1CC1C3CCC4=CC(=O)C=CC4(C)[C@H]3C(OPn3ccnc3)CC12C.C=C/C=C\C.CCCC.CO.SS. The zero-order chi connectivity index (χ0) is 42.5. The van der Waals surface area contributed by atoms with Crippen molar-refractivity contribution in [2.75, 3.05) is 13.7 Å². The van der Waals surface area contributed by atoms with Crippen LogP contribution in [-0.4, -0.2) is 64.0 Å². The van der Waals surface area contributed by atoms with E-state index in [0.29, 0.717) is 11.8 Å². The third-order valence-corrected chi connectivity index (χ3v) is 12.6. The maximum Gasteiger partial charge on any atom is 0.302 e. The molecule has 0 amide bonds. The first-order valence-electron chi connectivity index (χ1n) is 19.8. The standard InChI is InChI=1S/C32H43N2O6P.C5H8.C4H10.C2H4.CH4O.H2S2/c1-6-7-8-28-38-27-16-25-24-10-9-22-15-23(36)11-12-30(22,4)29(24)26(40-41-34-14-13-33-19-34)17-31(25,5)32(27,39-28)20(2)18-37-21(3)35;1-3-5-4-2;1-3-4-2;3*1-2/h11-15,19,24-29,41H,2,6-10,16-18H2,1,3-5H3;3-5H,1H2,2H3;3-4H2,1-2H3;1-2H2;2H,1H3;1-2H/b;5-4-;;;;/t24?,25?,26?,27-,28?,29-,30?,31?,32?;;;;;/m1...../s1. The molecule has 0 aromatic carbocycles. The van der Waals surface area contributed by atoms with Gasteiger partial charge in [0, 0.05) is 43.2 Å². The minimum atomic E-state index is -0.772. The maximum absolute atomic E-state index is 12.4. The zero-order valence-corrected chi connectivity index (χ0v) is 38.0. The van der Waals surface area contributed by atoms with Gasteiger partial charge in [-0.3, -0.25) is 13.9 Å². The van der Waals surface area contributed by atoms with Gasteiger partial charge < -0.3 is 23.8 Å². The number of allylic oxidation sites excluding steroid dienone is 7. The van der Waals surface area contributed by atoms with Gasteiger partial charge in [-0.05, 0) is 75.0 Å². The highest BCUT2D eigenvalue weighted by Crippen LogP contribution is 2.71. The molecule has 1 N–H and O–H groups in total. The van der Waals surface area contributed by atoms with Crippen LogP contribution in [-0.2, 0) is 28.3 Å². The van der Waals surface area contributed by atoms with Crippen LogP contribution in [0.5, 0.6) is 0 Å². The van der Waals surface area contributed by atoms with Crippen molar-refractivity contribution in [3.05, 3.63) is 92.6 Å². The van der Waals surface area contributed by atoms with Crippen LogP contribution in [0.1, 0.15) is 106 Å². The molecule has 316 valence electrons. The summed E-state index contributed by atoms with van der Waals surface area (Å²) in [7, 11) is 1.10. The van der Waals surface area contributed by atoms with E-state index < -0.39 is 5.60 Å². The van der Waals surface area contributed by atoms with Gasteiger partial charge in [-0.25, -0.2) is 4.98 Å². The van der Waals surface area contributed by atoms with Crippen LogP contribution < -0.4 is 0 Å². The summed E-state index contributed by atoms with van der Waals surface area (Å²) in [6.07, 6.45) is 25.3. The monoisotopic (exact) mass is 834 g/mol. The highest BCUT2D eigenvalue weighted by Gasteiger charge is 2.74. The molecule has 0 spiro atoms. The third-order valence-electron chi connectivity index (χ3n) is 11.7. The van der Waals surface area contributed by atoms with E-state index in [1.165, 1.54) is 25.3 Å². The minimum Gasteiger partial charge on any atom is -0.461 e. The predicted molar refractivity (Wildman–Crippen MR) is 239 cm³/mol. The summed E-state index contributed by atoms with van der Waals surface area (Å²) in [5, 5.41) is 7.00. The number of rotatable bonds is 11. The van der Waals surface area contributed by atoms with Gasteiger partial charge in [-0.15, -0.1) is 36.5 Å². The van der Waals surface area contributed by atoms with E-state index in [-0.39, 0.29) is 62.6 Å². The molecule has 10 atom stereocenters. The lowest BCUT2D eigenvalue weighted by Crippen LogP contribution is -2.61. The molecule has 6 rings (SSSR count). The van der Waals surface area contributed by atoms with Crippen molar-refractivity contribution in [3.63, 3.8) is 0 Å². The van der Waals surface area contributed by atoms with Crippen LogP contribution in [0.15, 0.2) is 92.6 Å². The Kier molecular flexibility index (Phi) is 24.0. The van der Waals surface area contributed by atoms with E-state index in [4.69, 9.17) is 23.8 Å². The number of carbonyl (C=O) groups excluding carboxylic acids is 2. The number of aliphatic hydroxyl groups is 1. The van der Waals surface area contributed by atoms with E-state index >= 15 is 0 Å². The molecule has 4 aliphatic carbocycles. The molecule has 1 aromatic rings. The van der Waals surface area contributed by atoms with Crippen LogP contribution in [0.2, 0.25) is 0 Å². The molecule has 56 heavy (non-hydrogen) atoms. The Morgan fingerprint density at radius 3 is 2.39 bits per heavy atom. The number of aromatic nitrogens is 2. The first kappa shape index (κ1) is 51.8. The minimum absolute atomic E-state index is 0.0744. The smallest absolute Gasteiger partial charge is 0.302 e. The van der Waals surface area contributed by atoms with Gasteiger partial charge in [0.15, 0.2) is 12.1 Å². The molecule has 9 nitrogen and oxygen atoms in total. The van der Waals surface area contributed by atoms with Gasteiger partial charge in [-0.1, -0.05) is 96.9 Å². The Bertz CT molecular complexity index is 1450. The summed E-state index contributed by atoms with van der Waals surface area (Å²) in [4.78, 5) is 28.5. The van der Waals surface area contributed by atoms with E-state index in [9.17, 15) is 9.59 Å². The largest absolute Gasteiger partial charge is 0.461 e. The molecule has 1 aromatic heterocycles. The average Bonchev–Trinajstić information content (AvgIpc) is 3.93. The topological polar surface area (TPSA) is 109 Å². The van der Waals surface area contributed by atoms with Crippen molar-refractivity contribution in [2.24, 2.45) is 28.6 Å². The summed E-state index contributed by atoms with van der Waals surface area (Å²) in [5.74, 6) is 0.598. The van der Waals surface area contributed by atoms with Gasteiger partial charge in [0.05, 0.1) is 18.5 Å². The normalized spacial score (nSPS) is 31.7. The summed E-state index contributed by atoms with van der Waals surface area (Å²) >= 11 is 6.44. The summed E-state index contributed by atoms with van der Waals surface area (Å²) in [5.41, 5.74) is 0.626. The van der Waals surface area contributed by atoms with Crippen molar-refractivity contribution < 1.29 is 33.4 Å². The summed E-state index contributed by atoms with van der Waals surface area (Å²) in [6.45, 7) is 28.6. The lowest BCUT2D eigenvalue weighted by Gasteiger charge is -2.61. The van der Waals surface area contributed by atoms with Gasteiger partial charge >= 0.3 is 5.97 Å². The van der Waals surface area contributed by atoms with Crippen LogP contribution in [0.25, 0.3) is 0 Å². The quantitative estimate of drug-likeness (QED) is 0.0505. The van der Waals surface area contributed by atoms with Crippen LogP contribution >= 0.6 is 32.3 Å². The maximum atomic E-state index is 12.4. The van der Waals surface area contributed by atoms with Crippen molar-refractivity contribution in [2.45, 2.75) is 130 Å². The highest BCUT2D eigenvalue weighted by atomic mass is 33.1. The lowest BCUT2D eigenvalue weighted by atomic mass is 9.46. The molecule has 8 unspecified atom stereocenters. The lowest BCUT2D eigenvalue weighted by molar-refractivity contribution is -0.182. The number of imidazole rings is 1. The number of thiol groups is 2. The van der Waals surface area contributed by atoms with Crippen molar-refractivity contribution in [3.8, 4) is 0 Å². The number of fused-ring (bicyclic) bond motifs is 7. The molecule has 12 heteroatoms. The second-order valence-corrected chi connectivity index (χ2v) is 15.7. The molecule has 2 heterocycles. The molecule has 5 aliphatic rings.